The van der Waals surface area contributed by atoms with Gasteiger partial charge in [0, 0.05) is 31.8 Å². The Balaban J connectivity index is 1.65. The molecule has 30 heavy (non-hydrogen) atoms. The molecule has 0 aliphatic carbocycles. The Labute approximate surface area is 176 Å². The van der Waals surface area contributed by atoms with E-state index in [1.54, 1.807) is 11.8 Å². The lowest BCUT2D eigenvalue weighted by Crippen LogP contribution is -2.43. The number of carbonyl (C=O) groups is 2. The average Bonchev–Trinajstić information content (AvgIpc) is 3.25. The summed E-state index contributed by atoms with van der Waals surface area (Å²) in [6.07, 6.45) is 1.55. The molecule has 1 saturated heterocycles. The number of amides is 1. The van der Waals surface area contributed by atoms with Crippen LogP contribution in [-0.2, 0) is 16.1 Å². The van der Waals surface area contributed by atoms with Crippen molar-refractivity contribution < 1.29 is 18.7 Å². The number of carbonyl (C=O) groups excluding carboxylic acids is 2. The highest BCUT2D eigenvalue weighted by Gasteiger charge is 2.31. The van der Waals surface area contributed by atoms with Gasteiger partial charge in [-0.05, 0) is 39.2 Å². The van der Waals surface area contributed by atoms with Crippen LogP contribution in [0, 0.1) is 19.8 Å². The first-order chi connectivity index (χ1) is 14.5. The molecule has 0 bridgehead atoms. The molecule has 0 unspecified atom stereocenters. The summed E-state index contributed by atoms with van der Waals surface area (Å²) in [5, 5.41) is 0. The van der Waals surface area contributed by atoms with Gasteiger partial charge in [-0.3, -0.25) is 9.59 Å². The molecule has 0 spiro atoms. The Bertz CT molecular complexity index is 1080. The lowest BCUT2D eigenvalue weighted by molar-refractivity contribution is -0.149. The van der Waals surface area contributed by atoms with E-state index in [2.05, 4.69) is 25.1 Å². The van der Waals surface area contributed by atoms with E-state index in [-0.39, 0.29) is 17.8 Å². The van der Waals surface area contributed by atoms with Gasteiger partial charge in [0.1, 0.15) is 11.5 Å². The molecular weight excluding hydrogens is 380 g/mol. The van der Waals surface area contributed by atoms with Crippen molar-refractivity contribution in [2.75, 3.05) is 19.7 Å². The number of nitrogens with zero attached hydrogens (tertiary/aromatic N) is 2. The highest BCUT2D eigenvalue weighted by molar-refractivity contribution is 5.98. The van der Waals surface area contributed by atoms with Crippen molar-refractivity contribution >= 4 is 23.0 Å². The molecule has 0 radical (unpaired) electrons. The van der Waals surface area contributed by atoms with Crippen molar-refractivity contribution in [1.82, 2.24) is 9.47 Å². The highest BCUT2D eigenvalue weighted by atomic mass is 16.5. The Morgan fingerprint density at radius 3 is 2.80 bits per heavy atom. The van der Waals surface area contributed by atoms with Crippen LogP contribution in [0.4, 0.5) is 0 Å². The maximum Gasteiger partial charge on any atom is 0.310 e. The van der Waals surface area contributed by atoms with Crippen LogP contribution in [-0.4, -0.2) is 41.0 Å². The number of ether oxygens (including phenoxy) is 1. The molecule has 1 amide bonds. The van der Waals surface area contributed by atoms with Gasteiger partial charge in [0.2, 0.25) is 0 Å². The summed E-state index contributed by atoms with van der Waals surface area (Å²) in [6, 6.07) is 12.1. The third-order valence-electron chi connectivity index (χ3n) is 5.68. The molecule has 6 nitrogen and oxygen atoms in total. The monoisotopic (exact) mass is 408 g/mol. The van der Waals surface area contributed by atoms with E-state index in [0.29, 0.717) is 37.5 Å². The lowest BCUT2D eigenvalue weighted by Gasteiger charge is -2.31. The quantitative estimate of drug-likeness (QED) is 0.590. The van der Waals surface area contributed by atoms with Crippen LogP contribution in [0.2, 0.25) is 0 Å². The highest BCUT2D eigenvalue weighted by Crippen LogP contribution is 2.27. The standard InChI is InChI=1S/C24H28N2O4/c1-4-29-24(28)19-9-6-10-25(15-19)23(27)21-13-22-20(12-17(3)30-22)26(21)14-18-8-5-7-16(2)11-18/h5,7-8,11-13,19H,4,6,9-10,14-15H2,1-3H3/t19-/m0/s1. The van der Waals surface area contributed by atoms with E-state index >= 15 is 0 Å². The first-order valence-corrected chi connectivity index (χ1v) is 10.6. The summed E-state index contributed by atoms with van der Waals surface area (Å²) in [5.41, 5.74) is 4.53. The molecule has 1 fully saturated rings. The molecule has 0 N–H and O–H groups in total. The van der Waals surface area contributed by atoms with Crippen molar-refractivity contribution in [3.63, 3.8) is 0 Å². The molecule has 1 aliphatic heterocycles. The van der Waals surface area contributed by atoms with Gasteiger partial charge in [0.15, 0.2) is 5.58 Å². The molecule has 3 aromatic rings. The summed E-state index contributed by atoms with van der Waals surface area (Å²) >= 11 is 0. The van der Waals surface area contributed by atoms with Gasteiger partial charge >= 0.3 is 5.97 Å². The van der Waals surface area contributed by atoms with E-state index < -0.39 is 0 Å². The van der Waals surface area contributed by atoms with Crippen molar-refractivity contribution in [3.05, 3.63) is 59.0 Å². The summed E-state index contributed by atoms with van der Waals surface area (Å²) in [4.78, 5) is 27.4. The number of benzene rings is 1. The zero-order chi connectivity index (χ0) is 21.3. The van der Waals surface area contributed by atoms with Crippen LogP contribution < -0.4 is 0 Å². The minimum absolute atomic E-state index is 0.0688. The number of hydrogen-bond donors (Lipinski definition) is 0. The molecule has 4 rings (SSSR count). The smallest absolute Gasteiger partial charge is 0.310 e. The number of piperidine rings is 1. The Morgan fingerprint density at radius 2 is 2.03 bits per heavy atom. The molecule has 1 aliphatic rings. The second kappa shape index (κ2) is 8.38. The normalized spacial score (nSPS) is 16.8. The SMILES string of the molecule is CCOC(=O)[C@H]1CCCN(C(=O)c2cc3oc(C)cc3n2Cc2cccc(C)c2)C1. The molecule has 2 aromatic heterocycles. The second-order valence-electron chi connectivity index (χ2n) is 8.05. The first kappa shape index (κ1) is 20.3. The number of fused-ring (bicyclic) bond motifs is 1. The Hall–Kier alpha value is -3.02. The van der Waals surface area contributed by atoms with Crippen molar-refractivity contribution in [2.45, 2.75) is 40.2 Å². The third-order valence-corrected chi connectivity index (χ3v) is 5.68. The predicted molar refractivity (Wildman–Crippen MR) is 114 cm³/mol. The summed E-state index contributed by atoms with van der Waals surface area (Å²) in [7, 11) is 0. The number of aryl methyl sites for hydroxylation is 2. The van der Waals surface area contributed by atoms with Crippen LogP contribution in [0.5, 0.6) is 0 Å². The minimum atomic E-state index is -0.256. The maximum atomic E-state index is 13.5. The fraction of sp³-hybridized carbons (Fsp3) is 0.417. The second-order valence-corrected chi connectivity index (χ2v) is 8.05. The average molecular weight is 408 g/mol. The van der Waals surface area contributed by atoms with Crippen molar-refractivity contribution in [2.24, 2.45) is 5.92 Å². The fourth-order valence-electron chi connectivity index (χ4n) is 4.28. The van der Waals surface area contributed by atoms with Gasteiger partial charge in [-0.2, -0.15) is 0 Å². The Morgan fingerprint density at radius 1 is 1.20 bits per heavy atom. The number of aromatic nitrogens is 1. The van der Waals surface area contributed by atoms with Gasteiger partial charge in [0.25, 0.3) is 5.91 Å². The first-order valence-electron chi connectivity index (χ1n) is 10.6. The third kappa shape index (κ3) is 3.99. The van der Waals surface area contributed by atoms with E-state index in [0.717, 1.165) is 29.7 Å². The summed E-state index contributed by atoms with van der Waals surface area (Å²) < 4.78 is 13.0. The molecular formula is C24H28N2O4. The summed E-state index contributed by atoms with van der Waals surface area (Å²) in [6.45, 7) is 7.76. The van der Waals surface area contributed by atoms with Gasteiger partial charge in [0.05, 0.1) is 18.0 Å². The van der Waals surface area contributed by atoms with E-state index in [1.165, 1.54) is 5.56 Å². The largest absolute Gasteiger partial charge is 0.466 e. The van der Waals surface area contributed by atoms with Gasteiger partial charge in [-0.1, -0.05) is 29.8 Å². The van der Waals surface area contributed by atoms with E-state index in [1.807, 2.05) is 29.7 Å². The van der Waals surface area contributed by atoms with Crippen molar-refractivity contribution in [1.29, 1.82) is 0 Å². The number of furan rings is 1. The van der Waals surface area contributed by atoms with Crippen LogP contribution in [0.1, 0.15) is 47.1 Å². The lowest BCUT2D eigenvalue weighted by atomic mass is 9.98. The van der Waals surface area contributed by atoms with Crippen LogP contribution in [0.25, 0.3) is 11.1 Å². The van der Waals surface area contributed by atoms with E-state index in [4.69, 9.17) is 9.15 Å². The fourth-order valence-corrected chi connectivity index (χ4v) is 4.28. The van der Waals surface area contributed by atoms with Gasteiger partial charge < -0.3 is 18.6 Å². The zero-order valence-electron chi connectivity index (χ0n) is 17.8. The predicted octanol–water partition coefficient (Wildman–Crippen LogP) is 4.31. The van der Waals surface area contributed by atoms with Gasteiger partial charge in [-0.15, -0.1) is 0 Å². The number of rotatable bonds is 5. The Kier molecular flexibility index (Phi) is 5.66. The summed E-state index contributed by atoms with van der Waals surface area (Å²) in [5.74, 6) is 0.278. The van der Waals surface area contributed by atoms with Crippen molar-refractivity contribution in [3.8, 4) is 0 Å². The van der Waals surface area contributed by atoms with Crippen LogP contribution in [0.15, 0.2) is 40.8 Å². The topological polar surface area (TPSA) is 64.7 Å². The number of likely N-dealkylation sites (tertiary alicyclic amines) is 1. The van der Waals surface area contributed by atoms with Gasteiger partial charge in [-0.25, -0.2) is 0 Å². The number of hydrogen-bond acceptors (Lipinski definition) is 4. The zero-order valence-corrected chi connectivity index (χ0v) is 17.8. The minimum Gasteiger partial charge on any atom is -0.466 e. The van der Waals surface area contributed by atoms with Crippen LogP contribution >= 0.6 is 0 Å². The van der Waals surface area contributed by atoms with Crippen LogP contribution in [0.3, 0.4) is 0 Å². The molecule has 1 atom stereocenters. The molecule has 158 valence electrons. The molecule has 0 saturated carbocycles. The number of esters is 1. The maximum absolute atomic E-state index is 13.5. The molecule has 3 heterocycles. The molecule has 1 aromatic carbocycles. The van der Waals surface area contributed by atoms with E-state index in [9.17, 15) is 9.59 Å². The molecule has 6 heteroatoms.